The lowest BCUT2D eigenvalue weighted by molar-refractivity contribution is -0.117. The van der Waals surface area contributed by atoms with Crippen LogP contribution in [0, 0.1) is 0 Å². The molecule has 0 saturated carbocycles. The van der Waals surface area contributed by atoms with E-state index >= 15 is 0 Å². The van der Waals surface area contributed by atoms with Crippen molar-refractivity contribution in [1.29, 1.82) is 0 Å². The smallest absolute Gasteiger partial charge is 0.286 e. The van der Waals surface area contributed by atoms with Gasteiger partial charge in [0, 0.05) is 0 Å². The number of carbonyl (C=O) groups is 1. The highest BCUT2D eigenvalue weighted by Crippen LogP contribution is 2.21. The molecule has 1 amide bonds. The van der Waals surface area contributed by atoms with E-state index in [0.717, 1.165) is 11.8 Å². The van der Waals surface area contributed by atoms with E-state index < -0.39 is 11.2 Å². The Morgan fingerprint density at radius 3 is 3.00 bits per heavy atom. The number of amides is 1. The molecule has 6 heteroatoms. The van der Waals surface area contributed by atoms with Gasteiger partial charge in [-0.1, -0.05) is 0 Å². The van der Waals surface area contributed by atoms with Crippen LogP contribution in [0.1, 0.15) is 0 Å². The monoisotopic (exact) mass is 162 g/mol. The molecule has 0 radical (unpaired) electrons. The lowest BCUT2D eigenvalue weighted by Gasteiger charge is -1.94. The fourth-order valence-corrected chi connectivity index (χ4v) is 1.21. The van der Waals surface area contributed by atoms with Crippen molar-refractivity contribution in [3.8, 4) is 0 Å². The minimum Gasteiger partial charge on any atom is -0.469 e. The van der Waals surface area contributed by atoms with Gasteiger partial charge in [0.1, 0.15) is 11.9 Å². The molecule has 56 valence electrons. The average Bonchev–Trinajstić information content (AvgIpc) is 2.34. The van der Waals surface area contributed by atoms with Crippen LogP contribution in [0.25, 0.3) is 0 Å². The second kappa shape index (κ2) is 2.78. The third-order valence-electron chi connectivity index (χ3n) is 1.00. The minimum atomic E-state index is -0.455. The first-order valence-corrected chi connectivity index (χ1v) is 3.43. The molecule has 10 heavy (non-hydrogen) atoms. The quantitative estimate of drug-likeness (QED) is 0.396. The highest BCUT2D eigenvalue weighted by molar-refractivity contribution is 8.15. The van der Waals surface area contributed by atoms with Crippen LogP contribution in [-0.2, 0) is 9.53 Å². The van der Waals surface area contributed by atoms with Gasteiger partial charge >= 0.3 is 0 Å². The van der Waals surface area contributed by atoms with Gasteiger partial charge < -0.3 is 15.7 Å². The zero-order chi connectivity index (χ0) is 7.56. The molecule has 1 heterocycles. The Hall–Kier alpha value is -0.910. The van der Waals surface area contributed by atoms with Crippen molar-refractivity contribution in [2.24, 2.45) is 10.9 Å². The van der Waals surface area contributed by atoms with Gasteiger partial charge in [0.25, 0.3) is 5.23 Å². The summed E-state index contributed by atoms with van der Waals surface area (Å²) in [7, 11) is 0. The van der Waals surface area contributed by atoms with Gasteiger partial charge in [-0.25, -0.2) is 0 Å². The van der Waals surface area contributed by atoms with E-state index in [1.807, 2.05) is 0 Å². The first kappa shape index (κ1) is 7.20. The summed E-state index contributed by atoms with van der Waals surface area (Å²) in [5, 5.41) is 10.6. The molecule has 1 aliphatic heterocycles. The van der Waals surface area contributed by atoms with Crippen LogP contribution in [0.3, 0.4) is 0 Å². The van der Waals surface area contributed by atoms with Gasteiger partial charge in [0.15, 0.2) is 0 Å². The van der Waals surface area contributed by atoms with Crippen molar-refractivity contribution in [3.05, 3.63) is 0 Å². The van der Waals surface area contributed by atoms with E-state index in [-0.39, 0.29) is 11.8 Å². The number of rotatable bonds is 1. The molecule has 1 rings (SSSR count). The van der Waals surface area contributed by atoms with E-state index in [9.17, 15) is 4.79 Å². The minimum absolute atomic E-state index is 0.101. The molecule has 1 fully saturated rings. The Kier molecular flexibility index (Phi) is 2.00. The second-order valence-corrected chi connectivity index (χ2v) is 2.84. The number of primary amides is 1. The number of ether oxygens (including phenoxy) is 1. The molecule has 0 bridgehead atoms. The molecular formula is C4H6N2O3S. The molecule has 0 aromatic heterocycles. The molecule has 0 aromatic rings. The summed E-state index contributed by atoms with van der Waals surface area (Å²) in [5.41, 5.74) is 4.94. The molecule has 0 aliphatic carbocycles. The van der Waals surface area contributed by atoms with Crippen LogP contribution >= 0.6 is 11.8 Å². The molecule has 1 atom stereocenters. The first-order chi connectivity index (χ1) is 4.74. The van der Waals surface area contributed by atoms with E-state index in [1.165, 1.54) is 0 Å². The first-order valence-electron chi connectivity index (χ1n) is 2.55. The Bertz CT molecular complexity index is 181. The number of nitrogens with zero attached hydrogens (tertiary/aromatic N) is 1. The van der Waals surface area contributed by atoms with Gasteiger partial charge in [-0.2, -0.15) is 0 Å². The number of hydrogen-bond donors (Lipinski definition) is 2. The Balaban J connectivity index is 2.51. The summed E-state index contributed by atoms with van der Waals surface area (Å²) in [6, 6.07) is 0. The zero-order valence-electron chi connectivity index (χ0n) is 4.98. The maximum absolute atomic E-state index is 10.4. The molecule has 1 unspecified atom stereocenters. The zero-order valence-corrected chi connectivity index (χ0v) is 5.80. The highest BCUT2D eigenvalue weighted by atomic mass is 32.2. The maximum atomic E-state index is 10.4. The Labute approximate surface area is 61.2 Å². The topological polar surface area (TPSA) is 84.9 Å². The number of hydrogen-bond acceptors (Lipinski definition) is 5. The molecule has 1 aliphatic rings. The Morgan fingerprint density at radius 2 is 2.70 bits per heavy atom. The fourth-order valence-electron chi connectivity index (χ4n) is 0.529. The van der Waals surface area contributed by atoms with Crippen LogP contribution in [0.15, 0.2) is 5.16 Å². The van der Waals surface area contributed by atoms with Crippen molar-refractivity contribution >= 4 is 22.9 Å². The number of thioether (sulfide) groups is 1. The normalized spacial score (nSPS) is 28.4. The maximum Gasteiger partial charge on any atom is 0.286 e. The van der Waals surface area contributed by atoms with E-state index in [2.05, 4.69) is 5.16 Å². The SMILES string of the molecule is NC(=O)C1COC(=NO)S1. The number of nitrogens with two attached hydrogens (primary N) is 1. The summed E-state index contributed by atoms with van der Waals surface area (Å²) in [6.45, 7) is 0.194. The second-order valence-electron chi connectivity index (χ2n) is 1.69. The predicted octanol–water partition coefficient (Wildman–Crippen LogP) is -0.651. The third-order valence-corrected chi connectivity index (χ3v) is 2.05. The number of carbonyl (C=O) groups excluding carboxylic acids is 1. The molecule has 0 spiro atoms. The van der Waals surface area contributed by atoms with Crippen LogP contribution in [0.4, 0.5) is 0 Å². The molecule has 1 saturated heterocycles. The lowest BCUT2D eigenvalue weighted by atomic mass is 10.4. The van der Waals surface area contributed by atoms with Gasteiger partial charge in [0.05, 0.1) is 0 Å². The summed E-state index contributed by atoms with van der Waals surface area (Å²) in [6.07, 6.45) is 0. The van der Waals surface area contributed by atoms with Gasteiger partial charge in [-0.15, -0.1) is 0 Å². The summed E-state index contributed by atoms with van der Waals surface area (Å²) >= 11 is 1.02. The summed E-state index contributed by atoms with van der Waals surface area (Å²) in [4.78, 5) is 10.4. The summed E-state index contributed by atoms with van der Waals surface area (Å²) in [5.74, 6) is -0.455. The van der Waals surface area contributed by atoms with E-state index in [4.69, 9.17) is 15.7 Å². The lowest BCUT2D eigenvalue weighted by Crippen LogP contribution is -2.25. The van der Waals surface area contributed by atoms with Gasteiger partial charge in [-0.05, 0) is 16.9 Å². The molecule has 5 nitrogen and oxygen atoms in total. The van der Waals surface area contributed by atoms with E-state index in [1.54, 1.807) is 0 Å². The van der Waals surface area contributed by atoms with Crippen LogP contribution in [0.2, 0.25) is 0 Å². The molecule has 0 aromatic carbocycles. The molecular weight excluding hydrogens is 156 g/mol. The van der Waals surface area contributed by atoms with Crippen LogP contribution < -0.4 is 5.73 Å². The van der Waals surface area contributed by atoms with E-state index in [0.29, 0.717) is 0 Å². The Morgan fingerprint density at radius 1 is 2.00 bits per heavy atom. The van der Waals surface area contributed by atoms with Crippen molar-refractivity contribution in [2.45, 2.75) is 5.25 Å². The van der Waals surface area contributed by atoms with Crippen LogP contribution in [-0.4, -0.2) is 28.2 Å². The number of oxime groups is 1. The largest absolute Gasteiger partial charge is 0.469 e. The summed E-state index contributed by atoms with van der Waals surface area (Å²) < 4.78 is 4.74. The molecule has 3 N–H and O–H groups in total. The van der Waals surface area contributed by atoms with Gasteiger partial charge in [-0.3, -0.25) is 4.79 Å². The highest BCUT2D eigenvalue weighted by Gasteiger charge is 2.28. The third kappa shape index (κ3) is 1.32. The van der Waals surface area contributed by atoms with Crippen molar-refractivity contribution in [3.63, 3.8) is 0 Å². The van der Waals surface area contributed by atoms with Gasteiger partial charge in [0.2, 0.25) is 5.91 Å². The predicted molar refractivity (Wildman–Crippen MR) is 35.7 cm³/mol. The average molecular weight is 162 g/mol. The fraction of sp³-hybridized carbons (Fsp3) is 0.500. The van der Waals surface area contributed by atoms with Crippen molar-refractivity contribution in [2.75, 3.05) is 6.61 Å². The van der Waals surface area contributed by atoms with Crippen molar-refractivity contribution < 1.29 is 14.7 Å². The van der Waals surface area contributed by atoms with Crippen LogP contribution in [0.5, 0.6) is 0 Å². The standard InChI is InChI=1S/C4H6N2O3S/c5-3(7)2-1-9-4(6-8)10-2/h2,8H,1H2,(H2,5,7). The van der Waals surface area contributed by atoms with Crippen molar-refractivity contribution in [1.82, 2.24) is 0 Å².